The predicted octanol–water partition coefficient (Wildman–Crippen LogP) is 2.69. The van der Waals surface area contributed by atoms with E-state index in [9.17, 15) is 4.79 Å². The molecule has 16 heavy (non-hydrogen) atoms. The lowest BCUT2D eigenvalue weighted by Crippen LogP contribution is -2.11. The van der Waals surface area contributed by atoms with Gasteiger partial charge in [0.25, 0.3) is 0 Å². The van der Waals surface area contributed by atoms with E-state index in [1.54, 1.807) is 6.20 Å². The van der Waals surface area contributed by atoms with Crippen molar-refractivity contribution in [2.75, 3.05) is 5.32 Å². The van der Waals surface area contributed by atoms with Gasteiger partial charge in [-0.2, -0.15) is 5.10 Å². The number of nitrogens with one attached hydrogen (secondary N) is 2. The Balaban J connectivity index is 2.14. The molecule has 1 aromatic carbocycles. The minimum atomic E-state index is 0.0592. The summed E-state index contributed by atoms with van der Waals surface area (Å²) in [7, 11) is 0. The number of aromatic amines is 1. The fraction of sp³-hybridized carbons (Fsp3) is 0.333. The smallest absolute Gasteiger partial charge is 0.224 e. The molecule has 0 saturated carbocycles. The molecular formula is C12H15N3O. The summed E-state index contributed by atoms with van der Waals surface area (Å²) < 4.78 is 0. The van der Waals surface area contributed by atoms with Gasteiger partial charge in [-0.05, 0) is 12.5 Å². The fourth-order valence-corrected chi connectivity index (χ4v) is 1.62. The van der Waals surface area contributed by atoms with Crippen LogP contribution in [0.2, 0.25) is 0 Å². The highest BCUT2D eigenvalue weighted by Crippen LogP contribution is 2.20. The van der Waals surface area contributed by atoms with Crippen molar-refractivity contribution in [1.82, 2.24) is 10.2 Å². The quantitative estimate of drug-likeness (QED) is 0.827. The summed E-state index contributed by atoms with van der Waals surface area (Å²) in [5, 5.41) is 10.7. The molecule has 0 spiro atoms. The van der Waals surface area contributed by atoms with Gasteiger partial charge < -0.3 is 5.32 Å². The molecule has 0 aliphatic rings. The van der Waals surface area contributed by atoms with Gasteiger partial charge in [-0.15, -0.1) is 0 Å². The maximum atomic E-state index is 11.6. The number of nitrogens with zero attached hydrogens (tertiary/aromatic N) is 1. The number of benzene rings is 1. The average molecular weight is 217 g/mol. The molecule has 0 aliphatic heterocycles. The first-order valence-corrected chi connectivity index (χ1v) is 5.53. The third-order valence-electron chi connectivity index (χ3n) is 2.51. The van der Waals surface area contributed by atoms with E-state index in [1.807, 2.05) is 18.2 Å². The number of anilines is 1. The monoisotopic (exact) mass is 217 g/mol. The molecule has 0 aliphatic carbocycles. The van der Waals surface area contributed by atoms with Crippen LogP contribution in [0.1, 0.15) is 26.2 Å². The van der Waals surface area contributed by atoms with E-state index >= 15 is 0 Å². The Morgan fingerprint density at radius 2 is 2.38 bits per heavy atom. The Kier molecular flexibility index (Phi) is 3.19. The van der Waals surface area contributed by atoms with Crippen molar-refractivity contribution in [3.05, 3.63) is 24.4 Å². The van der Waals surface area contributed by atoms with Crippen LogP contribution >= 0.6 is 0 Å². The number of H-pyrrole nitrogens is 1. The van der Waals surface area contributed by atoms with Gasteiger partial charge in [-0.1, -0.05) is 25.5 Å². The molecule has 84 valence electrons. The summed E-state index contributed by atoms with van der Waals surface area (Å²) in [6.07, 6.45) is 4.27. The Hall–Kier alpha value is -1.84. The van der Waals surface area contributed by atoms with Crippen molar-refractivity contribution in [3.8, 4) is 0 Å². The first-order chi connectivity index (χ1) is 7.81. The van der Waals surface area contributed by atoms with Crippen LogP contribution in [0.3, 0.4) is 0 Å². The van der Waals surface area contributed by atoms with Gasteiger partial charge >= 0.3 is 0 Å². The molecule has 1 aromatic heterocycles. The van der Waals surface area contributed by atoms with Crippen LogP contribution in [0, 0.1) is 0 Å². The lowest BCUT2D eigenvalue weighted by Gasteiger charge is -2.05. The van der Waals surface area contributed by atoms with Gasteiger partial charge in [0, 0.05) is 11.8 Å². The molecule has 4 heteroatoms. The number of rotatable bonds is 4. The number of fused-ring (bicyclic) bond motifs is 1. The Labute approximate surface area is 94.0 Å². The Morgan fingerprint density at radius 1 is 1.50 bits per heavy atom. The maximum Gasteiger partial charge on any atom is 0.224 e. The van der Waals surface area contributed by atoms with E-state index in [0.29, 0.717) is 6.42 Å². The van der Waals surface area contributed by atoms with Crippen molar-refractivity contribution in [2.45, 2.75) is 26.2 Å². The second-order valence-electron chi connectivity index (χ2n) is 3.79. The van der Waals surface area contributed by atoms with Crippen LogP contribution in [-0.4, -0.2) is 16.1 Å². The van der Waals surface area contributed by atoms with Gasteiger partial charge in [-0.3, -0.25) is 9.89 Å². The molecule has 0 atom stereocenters. The fourth-order valence-electron chi connectivity index (χ4n) is 1.62. The number of hydrogen-bond donors (Lipinski definition) is 2. The SMILES string of the molecule is CCCCC(=O)Nc1cccc2cn[nH]c12. The highest BCUT2D eigenvalue weighted by atomic mass is 16.1. The highest BCUT2D eigenvalue weighted by molar-refractivity contribution is 6.00. The number of carbonyl (C=O) groups excluding carboxylic acids is 1. The highest BCUT2D eigenvalue weighted by Gasteiger charge is 2.05. The van der Waals surface area contributed by atoms with Crippen LogP contribution in [-0.2, 0) is 4.79 Å². The van der Waals surface area contributed by atoms with Gasteiger partial charge in [0.2, 0.25) is 5.91 Å². The van der Waals surface area contributed by atoms with E-state index in [0.717, 1.165) is 29.4 Å². The van der Waals surface area contributed by atoms with Crippen LogP contribution in [0.5, 0.6) is 0 Å². The van der Waals surface area contributed by atoms with Crippen LogP contribution in [0.4, 0.5) is 5.69 Å². The molecule has 0 saturated heterocycles. The molecule has 0 unspecified atom stereocenters. The first kappa shape index (κ1) is 10.7. The normalized spacial score (nSPS) is 10.6. The number of amides is 1. The van der Waals surface area contributed by atoms with Crippen molar-refractivity contribution in [2.24, 2.45) is 0 Å². The zero-order valence-electron chi connectivity index (χ0n) is 9.29. The number of unbranched alkanes of at least 4 members (excludes halogenated alkanes) is 1. The molecule has 1 amide bonds. The number of para-hydroxylation sites is 1. The predicted molar refractivity (Wildman–Crippen MR) is 64.2 cm³/mol. The number of hydrogen-bond acceptors (Lipinski definition) is 2. The van der Waals surface area contributed by atoms with Gasteiger partial charge in [-0.25, -0.2) is 0 Å². The molecule has 1 heterocycles. The zero-order chi connectivity index (χ0) is 11.4. The van der Waals surface area contributed by atoms with Crippen molar-refractivity contribution in [3.63, 3.8) is 0 Å². The number of aromatic nitrogens is 2. The lowest BCUT2D eigenvalue weighted by atomic mass is 10.2. The summed E-state index contributed by atoms with van der Waals surface area (Å²) in [6, 6.07) is 5.75. The molecule has 4 nitrogen and oxygen atoms in total. The molecule has 2 N–H and O–H groups in total. The molecular weight excluding hydrogens is 202 g/mol. The summed E-state index contributed by atoms with van der Waals surface area (Å²) in [4.78, 5) is 11.6. The van der Waals surface area contributed by atoms with Crippen LogP contribution in [0.15, 0.2) is 24.4 Å². The molecule has 0 radical (unpaired) electrons. The van der Waals surface area contributed by atoms with Crippen molar-refractivity contribution < 1.29 is 4.79 Å². The largest absolute Gasteiger partial charge is 0.324 e. The Morgan fingerprint density at radius 3 is 3.19 bits per heavy atom. The minimum Gasteiger partial charge on any atom is -0.324 e. The zero-order valence-corrected chi connectivity index (χ0v) is 9.29. The number of carbonyl (C=O) groups is 1. The van der Waals surface area contributed by atoms with Crippen molar-refractivity contribution in [1.29, 1.82) is 0 Å². The van der Waals surface area contributed by atoms with E-state index in [4.69, 9.17) is 0 Å². The van der Waals surface area contributed by atoms with Gasteiger partial charge in [0.15, 0.2) is 0 Å². The molecule has 0 fully saturated rings. The van der Waals surface area contributed by atoms with E-state index in [1.165, 1.54) is 0 Å². The third-order valence-corrected chi connectivity index (χ3v) is 2.51. The topological polar surface area (TPSA) is 57.8 Å². The maximum absolute atomic E-state index is 11.6. The van der Waals surface area contributed by atoms with E-state index in [-0.39, 0.29) is 5.91 Å². The third kappa shape index (κ3) is 2.21. The minimum absolute atomic E-state index is 0.0592. The van der Waals surface area contributed by atoms with E-state index < -0.39 is 0 Å². The second kappa shape index (κ2) is 4.79. The average Bonchev–Trinajstić information content (AvgIpc) is 2.75. The lowest BCUT2D eigenvalue weighted by molar-refractivity contribution is -0.116. The first-order valence-electron chi connectivity index (χ1n) is 5.53. The van der Waals surface area contributed by atoms with Gasteiger partial charge in [0.1, 0.15) is 0 Å². The molecule has 2 rings (SSSR count). The summed E-state index contributed by atoms with van der Waals surface area (Å²) in [5.74, 6) is 0.0592. The summed E-state index contributed by atoms with van der Waals surface area (Å²) in [5.41, 5.74) is 1.68. The van der Waals surface area contributed by atoms with E-state index in [2.05, 4.69) is 22.4 Å². The standard InChI is InChI=1S/C12H15N3O/c1-2-3-7-11(16)14-10-6-4-5-9-8-13-15-12(9)10/h4-6,8H,2-3,7H2,1H3,(H,13,15)(H,14,16). The van der Waals surface area contributed by atoms with Crippen LogP contribution < -0.4 is 5.32 Å². The Bertz CT molecular complexity index is 490. The summed E-state index contributed by atoms with van der Waals surface area (Å²) >= 11 is 0. The van der Waals surface area contributed by atoms with Crippen LogP contribution in [0.25, 0.3) is 10.9 Å². The van der Waals surface area contributed by atoms with Crippen molar-refractivity contribution >= 4 is 22.5 Å². The second-order valence-corrected chi connectivity index (χ2v) is 3.79. The molecule has 0 bridgehead atoms. The molecule has 2 aromatic rings. The van der Waals surface area contributed by atoms with Gasteiger partial charge in [0.05, 0.1) is 17.4 Å². The summed E-state index contributed by atoms with van der Waals surface area (Å²) in [6.45, 7) is 2.07.